The van der Waals surface area contributed by atoms with Gasteiger partial charge in [-0.25, -0.2) is 4.98 Å². The maximum Gasteiger partial charge on any atom is 0.128 e. The van der Waals surface area contributed by atoms with E-state index in [1.54, 1.807) is 18.4 Å². The molecule has 0 spiro atoms. The Kier molecular flexibility index (Phi) is 4.78. The molecule has 0 amide bonds. The minimum Gasteiger partial charge on any atom is -0.496 e. The van der Waals surface area contributed by atoms with Crippen molar-refractivity contribution in [2.75, 3.05) is 7.11 Å². The van der Waals surface area contributed by atoms with Crippen LogP contribution in [0.5, 0.6) is 5.75 Å². The van der Waals surface area contributed by atoms with Crippen LogP contribution < -0.4 is 10.5 Å². The number of methoxy groups -OCH3 is 1. The Morgan fingerprint density at radius 2 is 2.10 bits per heavy atom. The SMILES string of the molecule is CCC(C)c1ccc(OC)c(-c2csc(C(C)N)n2)c1. The quantitative estimate of drug-likeness (QED) is 0.890. The summed E-state index contributed by atoms with van der Waals surface area (Å²) in [7, 11) is 1.70. The first-order chi connectivity index (χ1) is 9.56. The van der Waals surface area contributed by atoms with Gasteiger partial charge < -0.3 is 10.5 Å². The van der Waals surface area contributed by atoms with E-state index in [1.807, 2.05) is 13.0 Å². The van der Waals surface area contributed by atoms with Crippen molar-refractivity contribution < 1.29 is 4.74 Å². The highest BCUT2D eigenvalue weighted by Gasteiger charge is 2.14. The molecule has 4 heteroatoms. The molecule has 0 bridgehead atoms. The van der Waals surface area contributed by atoms with Crippen molar-refractivity contribution in [1.29, 1.82) is 0 Å². The summed E-state index contributed by atoms with van der Waals surface area (Å²) in [5.41, 5.74) is 9.21. The van der Waals surface area contributed by atoms with Gasteiger partial charge >= 0.3 is 0 Å². The van der Waals surface area contributed by atoms with Crippen LogP contribution in [0.1, 0.15) is 49.7 Å². The first kappa shape index (κ1) is 15.0. The highest BCUT2D eigenvalue weighted by molar-refractivity contribution is 7.10. The van der Waals surface area contributed by atoms with Crippen molar-refractivity contribution in [2.45, 2.75) is 39.2 Å². The van der Waals surface area contributed by atoms with E-state index in [1.165, 1.54) is 5.56 Å². The molecule has 0 saturated heterocycles. The molecule has 0 saturated carbocycles. The number of benzene rings is 1. The van der Waals surface area contributed by atoms with E-state index in [0.29, 0.717) is 5.92 Å². The molecular weight excluding hydrogens is 268 g/mol. The summed E-state index contributed by atoms with van der Waals surface area (Å²) in [6, 6.07) is 6.32. The average molecular weight is 290 g/mol. The lowest BCUT2D eigenvalue weighted by Gasteiger charge is -2.13. The van der Waals surface area contributed by atoms with Crippen molar-refractivity contribution >= 4 is 11.3 Å². The molecule has 2 atom stereocenters. The van der Waals surface area contributed by atoms with E-state index in [-0.39, 0.29) is 6.04 Å². The molecule has 0 aliphatic rings. The lowest BCUT2D eigenvalue weighted by Crippen LogP contribution is -2.04. The monoisotopic (exact) mass is 290 g/mol. The smallest absolute Gasteiger partial charge is 0.128 e. The predicted molar refractivity (Wildman–Crippen MR) is 85.4 cm³/mol. The maximum absolute atomic E-state index is 5.89. The fraction of sp³-hybridized carbons (Fsp3) is 0.438. The summed E-state index contributed by atoms with van der Waals surface area (Å²) < 4.78 is 5.47. The number of ether oxygens (including phenoxy) is 1. The van der Waals surface area contributed by atoms with Crippen LogP contribution in [0.3, 0.4) is 0 Å². The second-order valence-corrected chi connectivity index (χ2v) is 6.02. The maximum atomic E-state index is 5.89. The Labute approximate surface area is 124 Å². The molecule has 1 heterocycles. The molecule has 0 aliphatic heterocycles. The van der Waals surface area contributed by atoms with Crippen molar-refractivity contribution in [1.82, 2.24) is 4.98 Å². The van der Waals surface area contributed by atoms with Crippen molar-refractivity contribution in [2.24, 2.45) is 5.73 Å². The van der Waals surface area contributed by atoms with Crippen LogP contribution in [0.2, 0.25) is 0 Å². The van der Waals surface area contributed by atoms with Crippen LogP contribution in [0.4, 0.5) is 0 Å². The zero-order valence-corrected chi connectivity index (χ0v) is 13.3. The molecule has 108 valence electrons. The minimum atomic E-state index is -0.0301. The third-order valence-corrected chi connectivity index (χ3v) is 4.64. The van der Waals surface area contributed by atoms with E-state index in [4.69, 9.17) is 10.5 Å². The molecule has 3 nitrogen and oxygen atoms in total. The number of thiazole rings is 1. The Balaban J connectivity index is 2.46. The van der Waals surface area contributed by atoms with Gasteiger partial charge in [-0.1, -0.05) is 19.9 Å². The van der Waals surface area contributed by atoms with Crippen LogP contribution >= 0.6 is 11.3 Å². The summed E-state index contributed by atoms with van der Waals surface area (Å²) in [4.78, 5) is 4.63. The molecule has 2 unspecified atom stereocenters. The number of hydrogen-bond donors (Lipinski definition) is 1. The Morgan fingerprint density at radius 1 is 1.35 bits per heavy atom. The fourth-order valence-electron chi connectivity index (χ4n) is 2.09. The van der Waals surface area contributed by atoms with Gasteiger partial charge in [0.15, 0.2) is 0 Å². The number of rotatable bonds is 5. The van der Waals surface area contributed by atoms with E-state index in [2.05, 4.69) is 36.3 Å². The summed E-state index contributed by atoms with van der Waals surface area (Å²) >= 11 is 1.60. The standard InChI is InChI=1S/C16H22N2OS/c1-5-10(2)12-6-7-15(19-4)13(8-12)14-9-20-16(18-14)11(3)17/h6-11H,5,17H2,1-4H3. The predicted octanol–water partition coefficient (Wildman–Crippen LogP) is 4.35. The Morgan fingerprint density at radius 3 is 2.65 bits per heavy atom. The van der Waals surface area contributed by atoms with Gasteiger partial charge in [-0.3, -0.25) is 0 Å². The van der Waals surface area contributed by atoms with Crippen LogP contribution in [0, 0.1) is 0 Å². The van der Waals surface area contributed by atoms with Crippen LogP contribution in [-0.4, -0.2) is 12.1 Å². The van der Waals surface area contributed by atoms with Gasteiger partial charge in [-0.15, -0.1) is 11.3 Å². The van der Waals surface area contributed by atoms with Crippen LogP contribution in [0.15, 0.2) is 23.6 Å². The molecule has 0 aliphatic carbocycles. The minimum absolute atomic E-state index is 0.0301. The summed E-state index contributed by atoms with van der Waals surface area (Å²) in [6.45, 7) is 6.39. The summed E-state index contributed by atoms with van der Waals surface area (Å²) in [6.07, 6.45) is 1.12. The number of aromatic nitrogens is 1. The van der Waals surface area contributed by atoms with E-state index < -0.39 is 0 Å². The van der Waals surface area contributed by atoms with Gasteiger partial charge in [0.25, 0.3) is 0 Å². The lowest BCUT2D eigenvalue weighted by molar-refractivity contribution is 0.416. The molecule has 1 aromatic carbocycles. The molecule has 20 heavy (non-hydrogen) atoms. The molecule has 0 fully saturated rings. The Hall–Kier alpha value is -1.39. The first-order valence-corrected chi connectivity index (χ1v) is 7.84. The number of hydrogen-bond acceptors (Lipinski definition) is 4. The molecular formula is C16H22N2OS. The fourth-order valence-corrected chi connectivity index (χ4v) is 2.87. The topological polar surface area (TPSA) is 48.1 Å². The van der Waals surface area contributed by atoms with E-state index in [9.17, 15) is 0 Å². The van der Waals surface area contributed by atoms with Gasteiger partial charge in [0.2, 0.25) is 0 Å². The zero-order valence-electron chi connectivity index (χ0n) is 12.5. The summed E-state index contributed by atoms with van der Waals surface area (Å²) in [5.74, 6) is 1.39. The van der Waals surface area contributed by atoms with Gasteiger partial charge in [0, 0.05) is 10.9 Å². The lowest BCUT2D eigenvalue weighted by atomic mass is 9.96. The van der Waals surface area contributed by atoms with Gasteiger partial charge in [0.1, 0.15) is 10.8 Å². The van der Waals surface area contributed by atoms with E-state index >= 15 is 0 Å². The first-order valence-electron chi connectivity index (χ1n) is 6.96. The third kappa shape index (κ3) is 3.02. The largest absolute Gasteiger partial charge is 0.496 e. The Bertz CT molecular complexity index is 578. The highest BCUT2D eigenvalue weighted by atomic mass is 32.1. The second-order valence-electron chi connectivity index (χ2n) is 5.13. The van der Waals surface area contributed by atoms with E-state index in [0.717, 1.165) is 28.4 Å². The highest BCUT2D eigenvalue weighted by Crippen LogP contribution is 2.34. The van der Waals surface area contributed by atoms with Crippen molar-refractivity contribution in [3.63, 3.8) is 0 Å². The average Bonchev–Trinajstić information content (AvgIpc) is 2.95. The molecule has 2 N–H and O–H groups in total. The van der Waals surface area contributed by atoms with Crippen molar-refractivity contribution in [3.8, 4) is 17.0 Å². The molecule has 1 aromatic heterocycles. The van der Waals surface area contributed by atoms with Gasteiger partial charge in [-0.2, -0.15) is 0 Å². The van der Waals surface area contributed by atoms with Gasteiger partial charge in [-0.05, 0) is 37.0 Å². The molecule has 0 radical (unpaired) electrons. The van der Waals surface area contributed by atoms with Crippen molar-refractivity contribution in [3.05, 3.63) is 34.2 Å². The number of nitrogens with two attached hydrogens (primary N) is 1. The number of nitrogens with zero attached hydrogens (tertiary/aromatic N) is 1. The van der Waals surface area contributed by atoms with Crippen LogP contribution in [0.25, 0.3) is 11.3 Å². The summed E-state index contributed by atoms with van der Waals surface area (Å²) in [5, 5.41) is 3.01. The second kappa shape index (κ2) is 6.37. The third-order valence-electron chi connectivity index (χ3n) is 3.59. The molecule has 2 aromatic rings. The zero-order chi connectivity index (χ0) is 14.7. The normalized spacial score (nSPS) is 14.1. The van der Waals surface area contributed by atoms with Crippen LogP contribution in [-0.2, 0) is 0 Å². The molecule has 2 rings (SSSR count). The van der Waals surface area contributed by atoms with Gasteiger partial charge in [0.05, 0.1) is 18.8 Å².